The minimum Gasteiger partial charge on any atom is -0.396 e. The molecule has 4 N–H and O–H groups in total. The van der Waals surface area contributed by atoms with E-state index >= 15 is 0 Å². The largest absolute Gasteiger partial charge is 0.396 e. The van der Waals surface area contributed by atoms with Gasteiger partial charge in [-0.05, 0) is 12.8 Å². The van der Waals surface area contributed by atoms with Crippen molar-refractivity contribution in [2.75, 3.05) is 39.6 Å². The van der Waals surface area contributed by atoms with Crippen molar-refractivity contribution in [2.45, 2.75) is 39.5 Å². The Kier molecular flexibility index (Phi) is 16.6. The van der Waals surface area contributed by atoms with Gasteiger partial charge in [0.2, 0.25) is 0 Å². The lowest BCUT2D eigenvalue weighted by molar-refractivity contribution is -0.0328. The van der Waals surface area contributed by atoms with Crippen LogP contribution in [0.1, 0.15) is 39.5 Å². The van der Waals surface area contributed by atoms with Crippen molar-refractivity contribution in [2.24, 2.45) is 5.41 Å². The van der Waals surface area contributed by atoms with E-state index in [1.54, 1.807) is 0 Å². The molecular formula is C13H30O5. The second-order valence-corrected chi connectivity index (χ2v) is 4.45. The summed E-state index contributed by atoms with van der Waals surface area (Å²) in [5.41, 5.74) is -1.11. The first-order valence-corrected chi connectivity index (χ1v) is 6.67. The highest BCUT2D eigenvalue weighted by atomic mass is 16.5. The van der Waals surface area contributed by atoms with Gasteiger partial charge in [-0.25, -0.2) is 0 Å². The maximum atomic E-state index is 8.50. The molecule has 5 heteroatoms. The first-order chi connectivity index (χ1) is 8.66. The average molecular weight is 266 g/mol. The summed E-state index contributed by atoms with van der Waals surface area (Å²) in [7, 11) is 0. The van der Waals surface area contributed by atoms with Crippen molar-refractivity contribution < 1.29 is 25.2 Å². The fourth-order valence-electron chi connectivity index (χ4n) is 0.895. The summed E-state index contributed by atoms with van der Waals surface area (Å²) >= 11 is 0. The SMILES string of the molecule is CCCCOCCCC.OCC(CO)(CO)CO. The molecule has 0 aliphatic rings. The second kappa shape index (κ2) is 14.9. The predicted molar refractivity (Wildman–Crippen MR) is 71.4 cm³/mol. The summed E-state index contributed by atoms with van der Waals surface area (Å²) in [6.07, 6.45) is 4.91. The lowest BCUT2D eigenvalue weighted by Crippen LogP contribution is -2.37. The van der Waals surface area contributed by atoms with E-state index < -0.39 is 31.8 Å². The third-order valence-corrected chi connectivity index (χ3v) is 2.63. The molecule has 18 heavy (non-hydrogen) atoms. The molecule has 0 bridgehead atoms. The quantitative estimate of drug-likeness (QED) is 0.433. The first kappa shape index (κ1) is 20.1. The van der Waals surface area contributed by atoms with Crippen LogP contribution in [0, 0.1) is 5.41 Å². The molecule has 0 aliphatic carbocycles. The maximum Gasteiger partial charge on any atom is 0.0627 e. The molecule has 0 spiro atoms. The molecule has 0 unspecified atom stereocenters. The molecule has 0 saturated carbocycles. The van der Waals surface area contributed by atoms with Crippen molar-refractivity contribution in [3.63, 3.8) is 0 Å². The molecule has 5 nitrogen and oxygen atoms in total. The van der Waals surface area contributed by atoms with Crippen LogP contribution in [-0.4, -0.2) is 60.1 Å². The molecule has 112 valence electrons. The number of unbranched alkanes of at least 4 members (excludes halogenated alkanes) is 2. The van der Waals surface area contributed by atoms with Gasteiger partial charge in [-0.1, -0.05) is 26.7 Å². The predicted octanol–water partition coefficient (Wildman–Crippen LogP) is 0.545. The first-order valence-electron chi connectivity index (χ1n) is 6.67. The van der Waals surface area contributed by atoms with Crippen LogP contribution < -0.4 is 0 Å². The lowest BCUT2D eigenvalue weighted by atomic mass is 9.93. The zero-order valence-corrected chi connectivity index (χ0v) is 11.8. The van der Waals surface area contributed by atoms with E-state index in [-0.39, 0.29) is 0 Å². The zero-order chi connectivity index (χ0) is 14.3. The van der Waals surface area contributed by atoms with Crippen LogP contribution in [0.3, 0.4) is 0 Å². The van der Waals surface area contributed by atoms with E-state index in [2.05, 4.69) is 13.8 Å². The van der Waals surface area contributed by atoms with Gasteiger partial charge in [-0.2, -0.15) is 0 Å². The molecule has 0 heterocycles. The van der Waals surface area contributed by atoms with Crippen LogP contribution in [0.15, 0.2) is 0 Å². The van der Waals surface area contributed by atoms with Crippen molar-refractivity contribution >= 4 is 0 Å². The second-order valence-electron chi connectivity index (χ2n) is 4.45. The van der Waals surface area contributed by atoms with Crippen LogP contribution in [-0.2, 0) is 4.74 Å². The summed E-state index contributed by atoms with van der Waals surface area (Å²) in [4.78, 5) is 0. The Morgan fingerprint density at radius 3 is 1.22 bits per heavy atom. The number of hydrogen-bond acceptors (Lipinski definition) is 5. The highest BCUT2D eigenvalue weighted by Gasteiger charge is 2.26. The molecule has 0 fully saturated rings. The minimum atomic E-state index is -1.11. The Morgan fingerprint density at radius 2 is 1.06 bits per heavy atom. The highest BCUT2D eigenvalue weighted by Crippen LogP contribution is 2.11. The van der Waals surface area contributed by atoms with Crippen molar-refractivity contribution in [1.29, 1.82) is 0 Å². The highest BCUT2D eigenvalue weighted by molar-refractivity contribution is 4.74. The minimum absolute atomic E-state index is 0.406. The Labute approximate surface area is 110 Å². The molecule has 0 amide bonds. The van der Waals surface area contributed by atoms with Gasteiger partial charge in [0.1, 0.15) is 0 Å². The van der Waals surface area contributed by atoms with E-state index in [9.17, 15) is 0 Å². The number of aliphatic hydroxyl groups excluding tert-OH is 4. The van der Waals surface area contributed by atoms with Crippen LogP contribution >= 0.6 is 0 Å². The third-order valence-electron chi connectivity index (χ3n) is 2.63. The molecule has 0 aromatic heterocycles. The Balaban J connectivity index is 0. The normalized spacial score (nSPS) is 11.0. The van der Waals surface area contributed by atoms with Gasteiger partial charge < -0.3 is 25.2 Å². The monoisotopic (exact) mass is 266 g/mol. The van der Waals surface area contributed by atoms with Crippen LogP contribution in [0.25, 0.3) is 0 Å². The molecule has 0 rings (SSSR count). The van der Waals surface area contributed by atoms with Gasteiger partial charge in [-0.3, -0.25) is 0 Å². The molecule has 0 aliphatic heterocycles. The average Bonchev–Trinajstić information content (AvgIpc) is 2.43. The van der Waals surface area contributed by atoms with Crippen LogP contribution in [0.2, 0.25) is 0 Å². The molecule has 0 aromatic carbocycles. The Morgan fingerprint density at radius 1 is 0.722 bits per heavy atom. The van der Waals surface area contributed by atoms with E-state index in [0.717, 1.165) is 13.2 Å². The maximum absolute atomic E-state index is 8.50. The summed E-state index contributed by atoms with van der Waals surface area (Å²) < 4.78 is 5.31. The topological polar surface area (TPSA) is 90.2 Å². The van der Waals surface area contributed by atoms with Gasteiger partial charge in [0.05, 0.1) is 31.8 Å². The number of rotatable bonds is 10. The number of aliphatic hydroxyl groups is 4. The zero-order valence-electron chi connectivity index (χ0n) is 11.8. The Hall–Kier alpha value is -0.200. The molecule has 0 radical (unpaired) electrons. The lowest BCUT2D eigenvalue weighted by Gasteiger charge is -2.23. The summed E-state index contributed by atoms with van der Waals surface area (Å²) in [6, 6.07) is 0. The van der Waals surface area contributed by atoms with E-state index in [1.807, 2.05) is 0 Å². The molecule has 0 atom stereocenters. The van der Waals surface area contributed by atoms with Gasteiger partial charge in [-0.15, -0.1) is 0 Å². The molecule has 0 aromatic rings. The Bertz CT molecular complexity index is 125. The van der Waals surface area contributed by atoms with Crippen molar-refractivity contribution in [1.82, 2.24) is 0 Å². The number of hydrogen-bond donors (Lipinski definition) is 4. The van der Waals surface area contributed by atoms with Crippen molar-refractivity contribution in [3.05, 3.63) is 0 Å². The fourth-order valence-corrected chi connectivity index (χ4v) is 0.895. The van der Waals surface area contributed by atoms with Gasteiger partial charge in [0.15, 0.2) is 0 Å². The van der Waals surface area contributed by atoms with E-state index in [4.69, 9.17) is 25.2 Å². The number of ether oxygens (including phenoxy) is 1. The summed E-state index contributed by atoms with van der Waals surface area (Å²) in [5, 5.41) is 34.0. The van der Waals surface area contributed by atoms with Crippen LogP contribution in [0.4, 0.5) is 0 Å². The summed E-state index contributed by atoms with van der Waals surface area (Å²) in [5.74, 6) is 0. The van der Waals surface area contributed by atoms with E-state index in [0.29, 0.717) is 0 Å². The van der Waals surface area contributed by atoms with Gasteiger partial charge in [0.25, 0.3) is 0 Å². The van der Waals surface area contributed by atoms with Crippen molar-refractivity contribution in [3.8, 4) is 0 Å². The molecular weight excluding hydrogens is 236 g/mol. The molecule has 0 saturated heterocycles. The standard InChI is InChI=1S/C8H18O.C5H12O4/c1-3-5-7-9-8-6-4-2;6-1-5(2-7,3-8)4-9/h3-8H2,1-2H3;6-9H,1-4H2. The van der Waals surface area contributed by atoms with Gasteiger partial charge >= 0.3 is 0 Å². The fraction of sp³-hybridized carbons (Fsp3) is 1.00. The third kappa shape index (κ3) is 10.9. The van der Waals surface area contributed by atoms with Crippen LogP contribution in [0.5, 0.6) is 0 Å². The summed E-state index contributed by atoms with van der Waals surface area (Å²) in [6.45, 7) is 4.65. The smallest absolute Gasteiger partial charge is 0.0627 e. The van der Waals surface area contributed by atoms with Gasteiger partial charge in [0, 0.05) is 13.2 Å². The van der Waals surface area contributed by atoms with E-state index in [1.165, 1.54) is 25.7 Å².